The Morgan fingerprint density at radius 3 is 2.75 bits per heavy atom. The second-order valence-electron chi connectivity index (χ2n) is 8.17. The summed E-state index contributed by atoms with van der Waals surface area (Å²) in [7, 11) is 0. The van der Waals surface area contributed by atoms with Crippen LogP contribution in [0.25, 0.3) is 0 Å². The molecule has 164 valence electrons. The van der Waals surface area contributed by atoms with Gasteiger partial charge >= 0.3 is 0 Å². The summed E-state index contributed by atoms with van der Waals surface area (Å²) in [6.07, 6.45) is 9.67. The van der Waals surface area contributed by atoms with Crippen LogP contribution in [0.3, 0.4) is 0 Å². The number of carbonyl (C=O) groups is 1. The minimum Gasteiger partial charge on any atom is -0.285 e. The van der Waals surface area contributed by atoms with E-state index in [2.05, 4.69) is 33.5 Å². The number of hydrogen-bond donors (Lipinski definition) is 1. The molecule has 2 aromatic carbocycles. The van der Waals surface area contributed by atoms with E-state index in [-0.39, 0.29) is 5.91 Å². The Hall–Kier alpha value is -1.86. The number of carbonyl (C=O) groups excluding carboxylic acids is 1. The highest BCUT2D eigenvalue weighted by molar-refractivity contribution is 9.11. The third-order valence-electron chi connectivity index (χ3n) is 5.86. The predicted molar refractivity (Wildman–Crippen MR) is 135 cm³/mol. The van der Waals surface area contributed by atoms with Crippen molar-refractivity contribution in [3.8, 4) is 0 Å². The topological polar surface area (TPSA) is 44.7 Å². The number of hydrazine groups is 1. The first-order valence-corrected chi connectivity index (χ1v) is 12.9. The quantitative estimate of drug-likeness (QED) is 0.464. The van der Waals surface area contributed by atoms with E-state index in [0.29, 0.717) is 10.6 Å². The van der Waals surface area contributed by atoms with Gasteiger partial charge in [0.05, 0.1) is 11.4 Å². The molecule has 0 bridgehead atoms. The molecule has 0 saturated carbocycles. The van der Waals surface area contributed by atoms with Crippen molar-refractivity contribution in [2.75, 3.05) is 13.1 Å². The monoisotopic (exact) mass is 527 g/mol. The lowest BCUT2D eigenvalue weighted by Crippen LogP contribution is -2.45. The largest absolute Gasteiger partial charge is 0.285 e. The molecule has 2 heterocycles. The summed E-state index contributed by atoms with van der Waals surface area (Å²) in [5, 5.41) is 2.73. The Bertz CT molecular complexity index is 1170. The van der Waals surface area contributed by atoms with Crippen LogP contribution in [0.4, 0.5) is 5.69 Å². The standard InChI is InChI=1S/C25H23BrClN3OS/c26-18-6-4-5-16(13-18)24-20-9-8-19(27)15-23(20)32-22-10-7-17(14-21(22)28-24)25(31)29-30-11-2-1-3-12-30/h6-10,13-15H,1-5,11-12H2,(H,29,31). The van der Waals surface area contributed by atoms with E-state index in [1.807, 2.05) is 41.4 Å². The van der Waals surface area contributed by atoms with E-state index in [4.69, 9.17) is 16.6 Å². The van der Waals surface area contributed by atoms with Crippen LogP contribution >= 0.6 is 39.3 Å². The fourth-order valence-corrected chi connectivity index (χ4v) is 6.00. The highest BCUT2D eigenvalue weighted by Crippen LogP contribution is 2.43. The van der Waals surface area contributed by atoms with Crippen LogP contribution in [0, 0.1) is 0 Å². The molecule has 2 aromatic rings. The molecule has 0 spiro atoms. The number of nitrogens with one attached hydrogen (secondary N) is 1. The molecule has 1 N–H and O–H groups in total. The minimum atomic E-state index is -0.0798. The average Bonchev–Trinajstić information content (AvgIpc) is 2.95. The first kappa shape index (κ1) is 22.0. The molecular formula is C25H23BrClN3OS. The lowest BCUT2D eigenvalue weighted by atomic mass is 9.95. The molecule has 2 aliphatic heterocycles. The highest BCUT2D eigenvalue weighted by atomic mass is 79.9. The lowest BCUT2D eigenvalue weighted by Gasteiger charge is -2.26. The number of rotatable bonds is 3. The summed E-state index contributed by atoms with van der Waals surface area (Å²) in [5.74, 6) is -0.0798. The number of benzene rings is 2. The van der Waals surface area contributed by atoms with Crippen molar-refractivity contribution in [3.05, 3.63) is 74.8 Å². The summed E-state index contributed by atoms with van der Waals surface area (Å²) in [5.41, 5.74) is 7.70. The first-order valence-electron chi connectivity index (χ1n) is 10.9. The molecule has 3 aliphatic rings. The summed E-state index contributed by atoms with van der Waals surface area (Å²) in [6, 6.07) is 11.7. The van der Waals surface area contributed by atoms with Crippen molar-refractivity contribution < 1.29 is 4.79 Å². The summed E-state index contributed by atoms with van der Waals surface area (Å²) in [4.78, 5) is 20.1. The number of nitrogens with zero attached hydrogens (tertiary/aromatic N) is 2. The molecule has 1 amide bonds. The van der Waals surface area contributed by atoms with Crippen molar-refractivity contribution in [1.82, 2.24) is 10.4 Å². The molecule has 32 heavy (non-hydrogen) atoms. The van der Waals surface area contributed by atoms with Crippen molar-refractivity contribution >= 4 is 56.6 Å². The molecule has 1 saturated heterocycles. The Morgan fingerprint density at radius 2 is 1.94 bits per heavy atom. The van der Waals surface area contributed by atoms with E-state index >= 15 is 0 Å². The van der Waals surface area contributed by atoms with Crippen molar-refractivity contribution in [1.29, 1.82) is 0 Å². The van der Waals surface area contributed by atoms with Crippen LogP contribution in [0.15, 0.2) is 73.4 Å². The number of piperidine rings is 1. The second kappa shape index (κ2) is 9.56. The fraction of sp³-hybridized carbons (Fsp3) is 0.280. The number of aliphatic imine (C=N–C) groups is 1. The molecule has 0 radical (unpaired) electrons. The molecule has 0 aromatic heterocycles. The Labute approximate surface area is 205 Å². The Kier molecular flexibility index (Phi) is 6.56. The third-order valence-corrected chi connectivity index (χ3v) is 7.77. The Morgan fingerprint density at radius 1 is 1.09 bits per heavy atom. The van der Waals surface area contributed by atoms with Gasteiger partial charge in [-0.2, -0.15) is 0 Å². The molecule has 0 unspecified atom stereocenters. The van der Waals surface area contributed by atoms with Gasteiger partial charge in [-0.15, -0.1) is 0 Å². The minimum absolute atomic E-state index is 0.0798. The van der Waals surface area contributed by atoms with E-state index in [0.717, 1.165) is 70.0 Å². The summed E-state index contributed by atoms with van der Waals surface area (Å²) >= 11 is 11.6. The van der Waals surface area contributed by atoms with Gasteiger partial charge in [-0.1, -0.05) is 57.9 Å². The van der Waals surface area contributed by atoms with Crippen molar-refractivity contribution in [2.45, 2.75) is 41.9 Å². The summed E-state index contributed by atoms with van der Waals surface area (Å²) in [6.45, 7) is 1.81. The van der Waals surface area contributed by atoms with Crippen molar-refractivity contribution in [2.24, 2.45) is 4.99 Å². The number of amides is 1. The zero-order chi connectivity index (χ0) is 22.1. The number of hydrogen-bond acceptors (Lipinski definition) is 4. The maximum atomic E-state index is 12.9. The normalized spacial score (nSPS) is 18.5. The average molecular weight is 529 g/mol. The maximum absolute atomic E-state index is 12.9. The van der Waals surface area contributed by atoms with E-state index in [9.17, 15) is 4.79 Å². The molecule has 7 heteroatoms. The fourth-order valence-electron chi connectivity index (χ4n) is 4.22. The van der Waals surface area contributed by atoms with Gasteiger partial charge in [-0.3, -0.25) is 10.2 Å². The van der Waals surface area contributed by atoms with Crippen LogP contribution in [0.1, 0.15) is 48.0 Å². The van der Waals surface area contributed by atoms with Gasteiger partial charge < -0.3 is 0 Å². The predicted octanol–water partition coefficient (Wildman–Crippen LogP) is 7.06. The zero-order valence-electron chi connectivity index (χ0n) is 17.5. The molecule has 5 rings (SSSR count). The highest BCUT2D eigenvalue weighted by Gasteiger charge is 2.23. The molecule has 1 fully saturated rings. The van der Waals surface area contributed by atoms with Crippen LogP contribution in [-0.2, 0) is 0 Å². The summed E-state index contributed by atoms with van der Waals surface area (Å²) < 4.78 is 1.07. The first-order chi connectivity index (χ1) is 15.6. The smallest absolute Gasteiger partial charge is 0.265 e. The van der Waals surface area contributed by atoms with E-state index < -0.39 is 0 Å². The second-order valence-corrected chi connectivity index (χ2v) is 10.6. The molecule has 0 atom stereocenters. The molecular weight excluding hydrogens is 506 g/mol. The van der Waals surface area contributed by atoms with E-state index in [1.165, 1.54) is 12.0 Å². The maximum Gasteiger partial charge on any atom is 0.265 e. The van der Waals surface area contributed by atoms with Gasteiger partial charge in [0.1, 0.15) is 0 Å². The Balaban J connectivity index is 1.54. The van der Waals surface area contributed by atoms with Gasteiger partial charge in [0.2, 0.25) is 0 Å². The van der Waals surface area contributed by atoms with Gasteiger partial charge in [0.25, 0.3) is 5.91 Å². The van der Waals surface area contributed by atoms with Crippen molar-refractivity contribution in [3.63, 3.8) is 0 Å². The molecule has 4 nitrogen and oxygen atoms in total. The third kappa shape index (κ3) is 4.74. The van der Waals surface area contributed by atoms with Gasteiger partial charge in [-0.25, -0.2) is 10.0 Å². The van der Waals surface area contributed by atoms with Gasteiger partial charge in [0, 0.05) is 43.5 Å². The van der Waals surface area contributed by atoms with Crippen LogP contribution in [0.5, 0.6) is 0 Å². The van der Waals surface area contributed by atoms with Crippen LogP contribution in [-0.4, -0.2) is 29.7 Å². The number of fused-ring (bicyclic) bond motifs is 2. The van der Waals surface area contributed by atoms with E-state index in [1.54, 1.807) is 11.8 Å². The van der Waals surface area contributed by atoms with Crippen LogP contribution < -0.4 is 5.43 Å². The zero-order valence-corrected chi connectivity index (χ0v) is 20.7. The van der Waals surface area contributed by atoms with Crippen LogP contribution in [0.2, 0.25) is 5.02 Å². The molecule has 1 aliphatic carbocycles. The SMILES string of the molecule is O=C(NN1CCCCC1)c1ccc2c(c1)N=C(C1=CC(Br)=CCC1)c1ccc(Cl)cc1S2. The van der Waals surface area contributed by atoms with Gasteiger partial charge in [-0.05, 0) is 67.7 Å². The van der Waals surface area contributed by atoms with Gasteiger partial charge in [0.15, 0.2) is 0 Å². The lowest BCUT2D eigenvalue weighted by molar-refractivity contribution is 0.0750. The number of halogens is 2. The number of allylic oxidation sites excluding steroid dienone is 4.